The Balaban J connectivity index is 1.86. The first-order valence-electron chi connectivity index (χ1n) is 12.2. The summed E-state index contributed by atoms with van der Waals surface area (Å²) in [5, 5.41) is 21.6. The molecule has 3 aromatic carbocycles. The van der Waals surface area contributed by atoms with Gasteiger partial charge in [0.1, 0.15) is 17.4 Å². The van der Waals surface area contributed by atoms with Gasteiger partial charge in [0, 0.05) is 45.5 Å². The van der Waals surface area contributed by atoms with Crippen LogP contribution in [0.5, 0.6) is 0 Å². The van der Waals surface area contributed by atoms with Crippen molar-refractivity contribution in [3.63, 3.8) is 0 Å². The first-order valence-corrected chi connectivity index (χ1v) is 12.6. The van der Waals surface area contributed by atoms with Crippen LogP contribution in [0.2, 0.25) is 5.02 Å². The van der Waals surface area contributed by atoms with Crippen LogP contribution in [0.4, 0.5) is 10.1 Å². The molecule has 2 aliphatic rings. The SMILES string of the molecule is Cc1ccc(N2C(=N)/C(=C(/O)c3ccccc3)C(c3ccc(F)cc3)C3=C2CC(C)(C)CC3=O)cc1Cl. The van der Waals surface area contributed by atoms with Crippen molar-refractivity contribution in [1.82, 2.24) is 0 Å². The number of ketones is 1. The Morgan fingerprint density at radius 3 is 2.38 bits per heavy atom. The number of halogens is 2. The third-order valence-electron chi connectivity index (χ3n) is 7.14. The summed E-state index contributed by atoms with van der Waals surface area (Å²) in [7, 11) is 0. The fraction of sp³-hybridized carbons (Fsp3) is 0.226. The first kappa shape index (κ1) is 25.0. The third kappa shape index (κ3) is 4.49. The molecule has 0 bridgehead atoms. The van der Waals surface area contributed by atoms with E-state index in [4.69, 9.17) is 11.6 Å². The lowest BCUT2D eigenvalue weighted by atomic mass is 9.67. The van der Waals surface area contributed by atoms with Crippen molar-refractivity contribution in [3.8, 4) is 0 Å². The van der Waals surface area contributed by atoms with Crippen molar-refractivity contribution in [3.05, 3.63) is 117 Å². The van der Waals surface area contributed by atoms with E-state index < -0.39 is 11.7 Å². The summed E-state index contributed by atoms with van der Waals surface area (Å²) in [4.78, 5) is 15.6. The number of carbonyl (C=O) groups excluding carboxylic acids is 1. The number of amidine groups is 1. The Labute approximate surface area is 221 Å². The molecule has 37 heavy (non-hydrogen) atoms. The van der Waals surface area contributed by atoms with Crippen LogP contribution in [0, 0.1) is 23.6 Å². The van der Waals surface area contributed by atoms with Crippen molar-refractivity contribution in [2.75, 3.05) is 4.90 Å². The van der Waals surface area contributed by atoms with E-state index in [0.717, 1.165) is 5.56 Å². The van der Waals surface area contributed by atoms with Crippen molar-refractivity contribution >= 4 is 34.7 Å². The van der Waals surface area contributed by atoms with Gasteiger partial charge in [-0.2, -0.15) is 0 Å². The zero-order chi connectivity index (χ0) is 26.5. The Hall–Kier alpha value is -3.70. The Morgan fingerprint density at radius 2 is 1.73 bits per heavy atom. The summed E-state index contributed by atoms with van der Waals surface area (Å²) in [6, 6.07) is 20.5. The molecule has 0 aromatic heterocycles. The highest BCUT2D eigenvalue weighted by Crippen LogP contribution is 2.51. The molecule has 1 aliphatic carbocycles. The molecule has 0 spiro atoms. The number of nitrogens with zero attached hydrogens (tertiary/aromatic N) is 1. The maximum Gasteiger partial charge on any atom is 0.162 e. The molecule has 3 aromatic rings. The molecule has 0 saturated heterocycles. The fourth-order valence-electron chi connectivity index (χ4n) is 5.36. The molecule has 5 rings (SSSR count). The van der Waals surface area contributed by atoms with Gasteiger partial charge in [-0.15, -0.1) is 0 Å². The van der Waals surface area contributed by atoms with Crippen LogP contribution < -0.4 is 4.90 Å². The Morgan fingerprint density at radius 1 is 1.05 bits per heavy atom. The maximum atomic E-state index is 13.9. The van der Waals surface area contributed by atoms with Gasteiger partial charge < -0.3 is 5.11 Å². The quantitative estimate of drug-likeness (QED) is 0.348. The van der Waals surface area contributed by atoms with E-state index in [2.05, 4.69) is 0 Å². The van der Waals surface area contributed by atoms with Crippen molar-refractivity contribution in [2.24, 2.45) is 5.41 Å². The molecular weight excluding hydrogens is 487 g/mol. The van der Waals surface area contributed by atoms with Gasteiger partial charge in [-0.3, -0.25) is 15.1 Å². The number of anilines is 1. The van der Waals surface area contributed by atoms with E-state index in [-0.39, 0.29) is 22.8 Å². The van der Waals surface area contributed by atoms with Crippen LogP contribution in [-0.4, -0.2) is 16.7 Å². The van der Waals surface area contributed by atoms with Gasteiger partial charge in [-0.1, -0.05) is 74.0 Å². The van der Waals surface area contributed by atoms with Gasteiger partial charge in [0.05, 0.1) is 0 Å². The minimum Gasteiger partial charge on any atom is -0.507 e. The highest BCUT2D eigenvalue weighted by Gasteiger charge is 2.46. The van der Waals surface area contributed by atoms with E-state index in [1.807, 2.05) is 51.1 Å². The molecule has 0 radical (unpaired) electrons. The molecule has 6 heteroatoms. The van der Waals surface area contributed by atoms with E-state index in [1.54, 1.807) is 35.2 Å². The normalized spacial score (nSPS) is 20.7. The minimum absolute atomic E-state index is 0.0466. The molecule has 1 atom stereocenters. The third-order valence-corrected chi connectivity index (χ3v) is 7.55. The van der Waals surface area contributed by atoms with Gasteiger partial charge in [0.25, 0.3) is 0 Å². The molecule has 2 N–H and O–H groups in total. The van der Waals surface area contributed by atoms with Crippen LogP contribution in [0.15, 0.2) is 89.6 Å². The molecule has 4 nitrogen and oxygen atoms in total. The number of Topliss-reactive ketones (excluding diaryl/α,β-unsaturated/α-hetero) is 1. The molecule has 0 saturated carbocycles. The second kappa shape index (κ2) is 9.31. The topological polar surface area (TPSA) is 64.4 Å². The zero-order valence-electron chi connectivity index (χ0n) is 21.0. The number of aryl methyl sites for hydroxylation is 1. The van der Waals surface area contributed by atoms with Crippen LogP contribution in [0.1, 0.15) is 49.3 Å². The average molecular weight is 515 g/mol. The number of nitrogens with one attached hydrogen (secondary N) is 1. The number of aliphatic hydroxyl groups excluding tert-OH is 1. The lowest BCUT2D eigenvalue weighted by Crippen LogP contribution is -2.45. The highest BCUT2D eigenvalue weighted by molar-refractivity contribution is 6.32. The van der Waals surface area contributed by atoms with Crippen LogP contribution >= 0.6 is 11.6 Å². The standard InChI is InChI=1S/C31H28ClFN2O2/c1-18-9-14-22(15-23(18)32)35-24-16-31(2,3)17-25(36)27(24)26(19-10-12-21(33)13-11-19)28(30(35)34)29(37)20-7-5-4-6-8-20/h4-15,26,34,37H,16-17H2,1-3H3/b29-28+,34-30?. The lowest BCUT2D eigenvalue weighted by molar-refractivity contribution is -0.118. The monoisotopic (exact) mass is 514 g/mol. The molecule has 188 valence electrons. The second-order valence-corrected chi connectivity index (χ2v) is 10.9. The van der Waals surface area contributed by atoms with Gasteiger partial charge in [0.2, 0.25) is 0 Å². The predicted octanol–water partition coefficient (Wildman–Crippen LogP) is 7.98. The van der Waals surface area contributed by atoms with E-state index in [0.29, 0.717) is 51.5 Å². The smallest absolute Gasteiger partial charge is 0.162 e. The predicted molar refractivity (Wildman–Crippen MR) is 147 cm³/mol. The summed E-state index contributed by atoms with van der Waals surface area (Å²) in [6.07, 6.45) is 0.887. The second-order valence-electron chi connectivity index (χ2n) is 10.5. The molecular formula is C31H28ClFN2O2. The Kier molecular flexibility index (Phi) is 6.28. The summed E-state index contributed by atoms with van der Waals surface area (Å²) in [5.74, 6) is -1.19. The summed E-state index contributed by atoms with van der Waals surface area (Å²) < 4.78 is 13.9. The van der Waals surface area contributed by atoms with Crippen LogP contribution in [-0.2, 0) is 4.79 Å². The van der Waals surface area contributed by atoms with Gasteiger partial charge in [-0.25, -0.2) is 4.39 Å². The summed E-state index contributed by atoms with van der Waals surface area (Å²) in [6.45, 7) is 5.99. The van der Waals surface area contributed by atoms with E-state index >= 15 is 0 Å². The number of allylic oxidation sites excluding steroid dienone is 2. The molecule has 1 heterocycles. The average Bonchev–Trinajstić information content (AvgIpc) is 2.85. The number of benzene rings is 3. The van der Waals surface area contributed by atoms with E-state index in [1.165, 1.54) is 12.1 Å². The molecule has 1 unspecified atom stereocenters. The van der Waals surface area contributed by atoms with Crippen LogP contribution in [0.3, 0.4) is 0 Å². The molecule has 1 aliphatic heterocycles. The first-order chi connectivity index (χ1) is 17.6. The van der Waals surface area contributed by atoms with E-state index in [9.17, 15) is 19.7 Å². The maximum absolute atomic E-state index is 13.9. The van der Waals surface area contributed by atoms with Crippen molar-refractivity contribution < 1.29 is 14.3 Å². The molecule has 0 amide bonds. The number of hydrogen-bond acceptors (Lipinski definition) is 3. The van der Waals surface area contributed by atoms with Gasteiger partial charge >= 0.3 is 0 Å². The minimum atomic E-state index is -0.718. The van der Waals surface area contributed by atoms with Gasteiger partial charge in [-0.05, 0) is 54.2 Å². The number of rotatable bonds is 3. The lowest BCUT2D eigenvalue weighted by Gasteiger charge is -2.45. The van der Waals surface area contributed by atoms with Crippen molar-refractivity contribution in [2.45, 2.75) is 39.5 Å². The number of hydrogen-bond donors (Lipinski definition) is 2. The summed E-state index contributed by atoms with van der Waals surface area (Å²) >= 11 is 6.50. The highest BCUT2D eigenvalue weighted by atomic mass is 35.5. The number of aliphatic hydroxyl groups is 1. The van der Waals surface area contributed by atoms with Crippen LogP contribution in [0.25, 0.3) is 5.76 Å². The fourth-order valence-corrected chi connectivity index (χ4v) is 5.53. The van der Waals surface area contributed by atoms with Gasteiger partial charge in [0.15, 0.2) is 5.78 Å². The largest absolute Gasteiger partial charge is 0.507 e. The zero-order valence-corrected chi connectivity index (χ0v) is 21.7. The Bertz CT molecular complexity index is 1470. The molecule has 0 fully saturated rings. The number of carbonyl (C=O) groups is 1. The summed E-state index contributed by atoms with van der Waals surface area (Å²) in [5.41, 5.74) is 3.93. The van der Waals surface area contributed by atoms with Crippen molar-refractivity contribution in [1.29, 1.82) is 5.41 Å².